The fourth-order valence-electron chi connectivity index (χ4n) is 3.90. The summed E-state index contributed by atoms with van der Waals surface area (Å²) in [5.74, 6) is 0. The lowest BCUT2D eigenvalue weighted by Gasteiger charge is -2.34. The SMILES string of the molecule is CCc1ccc2oc(=O)cc(CN3CCN(C/C=C/c4ccccc4)CC3)c2c1.Cl.Cl. The van der Waals surface area contributed by atoms with Crippen molar-refractivity contribution in [1.82, 2.24) is 9.80 Å². The topological polar surface area (TPSA) is 36.7 Å². The summed E-state index contributed by atoms with van der Waals surface area (Å²) in [4.78, 5) is 16.9. The van der Waals surface area contributed by atoms with Gasteiger partial charge in [0.25, 0.3) is 0 Å². The zero-order valence-electron chi connectivity index (χ0n) is 17.8. The molecule has 2 heterocycles. The van der Waals surface area contributed by atoms with Gasteiger partial charge in [0.1, 0.15) is 5.58 Å². The third-order valence-electron chi connectivity index (χ3n) is 5.63. The van der Waals surface area contributed by atoms with Crippen LogP contribution in [0.2, 0.25) is 0 Å². The molecule has 1 aliphatic rings. The first kappa shape index (κ1) is 25.2. The maximum Gasteiger partial charge on any atom is 0.336 e. The predicted octanol–water partition coefficient (Wildman–Crippen LogP) is 5.03. The third kappa shape index (κ3) is 6.68. The Kier molecular flexibility index (Phi) is 9.79. The highest BCUT2D eigenvalue weighted by Crippen LogP contribution is 2.21. The number of fused-ring (bicyclic) bond motifs is 1. The normalized spacial score (nSPS) is 15.0. The lowest BCUT2D eigenvalue weighted by Crippen LogP contribution is -2.45. The smallest absolute Gasteiger partial charge is 0.336 e. The number of hydrogen-bond donors (Lipinski definition) is 0. The van der Waals surface area contributed by atoms with Gasteiger partial charge >= 0.3 is 5.63 Å². The van der Waals surface area contributed by atoms with Gasteiger partial charge in [-0.25, -0.2) is 4.79 Å². The molecule has 0 amide bonds. The molecule has 4 rings (SSSR count). The van der Waals surface area contributed by atoms with E-state index in [0.717, 1.165) is 56.6 Å². The molecule has 0 saturated carbocycles. The van der Waals surface area contributed by atoms with Crippen molar-refractivity contribution in [2.24, 2.45) is 0 Å². The minimum atomic E-state index is -0.263. The second-order valence-electron chi connectivity index (χ2n) is 7.66. The molecule has 2 aromatic carbocycles. The average Bonchev–Trinajstić information content (AvgIpc) is 2.75. The van der Waals surface area contributed by atoms with Gasteiger partial charge in [-0.3, -0.25) is 9.80 Å². The van der Waals surface area contributed by atoms with Gasteiger partial charge in [-0.05, 0) is 35.2 Å². The van der Waals surface area contributed by atoms with Crippen molar-refractivity contribution in [3.8, 4) is 0 Å². The van der Waals surface area contributed by atoms with Crippen LogP contribution in [0.5, 0.6) is 0 Å². The summed E-state index contributed by atoms with van der Waals surface area (Å²) in [6.07, 6.45) is 5.41. The molecule has 0 N–H and O–H groups in total. The van der Waals surface area contributed by atoms with Gasteiger partial charge in [-0.15, -0.1) is 24.8 Å². The number of benzene rings is 2. The Labute approximate surface area is 196 Å². The van der Waals surface area contributed by atoms with Crippen LogP contribution < -0.4 is 5.63 Å². The van der Waals surface area contributed by atoms with E-state index in [0.29, 0.717) is 5.58 Å². The second kappa shape index (κ2) is 12.1. The fraction of sp³-hybridized carbons (Fsp3) is 0.320. The van der Waals surface area contributed by atoms with Crippen molar-refractivity contribution in [1.29, 1.82) is 0 Å². The Balaban J connectivity index is 0.00000171. The fourth-order valence-corrected chi connectivity index (χ4v) is 3.90. The molecule has 31 heavy (non-hydrogen) atoms. The molecule has 1 aromatic heterocycles. The summed E-state index contributed by atoms with van der Waals surface area (Å²) in [6, 6.07) is 18.2. The van der Waals surface area contributed by atoms with Gasteiger partial charge in [-0.2, -0.15) is 0 Å². The van der Waals surface area contributed by atoms with Crippen LogP contribution in [0.25, 0.3) is 17.0 Å². The minimum absolute atomic E-state index is 0. The number of rotatable bonds is 6. The number of halogens is 2. The molecule has 0 unspecified atom stereocenters. The Hall–Kier alpha value is -2.11. The molecule has 0 atom stereocenters. The van der Waals surface area contributed by atoms with E-state index < -0.39 is 0 Å². The molecule has 4 nitrogen and oxygen atoms in total. The van der Waals surface area contributed by atoms with Crippen LogP contribution in [-0.2, 0) is 13.0 Å². The van der Waals surface area contributed by atoms with Gasteiger partial charge in [0.05, 0.1) is 0 Å². The van der Waals surface area contributed by atoms with Crippen molar-refractivity contribution in [3.63, 3.8) is 0 Å². The molecule has 0 aliphatic carbocycles. The van der Waals surface area contributed by atoms with E-state index in [9.17, 15) is 4.79 Å². The first-order valence-electron chi connectivity index (χ1n) is 10.4. The van der Waals surface area contributed by atoms with E-state index in [4.69, 9.17) is 4.42 Å². The minimum Gasteiger partial charge on any atom is -0.423 e. The van der Waals surface area contributed by atoms with Crippen LogP contribution in [0, 0.1) is 0 Å². The lowest BCUT2D eigenvalue weighted by molar-refractivity contribution is 0.137. The summed E-state index contributed by atoms with van der Waals surface area (Å²) in [5, 5.41) is 1.07. The molecule has 166 valence electrons. The number of nitrogens with zero attached hydrogens (tertiary/aromatic N) is 2. The van der Waals surface area contributed by atoms with Crippen LogP contribution >= 0.6 is 24.8 Å². The first-order valence-corrected chi connectivity index (χ1v) is 10.4. The van der Waals surface area contributed by atoms with Gasteiger partial charge in [0.2, 0.25) is 0 Å². The zero-order chi connectivity index (χ0) is 20.1. The van der Waals surface area contributed by atoms with Gasteiger partial charge in [0.15, 0.2) is 0 Å². The van der Waals surface area contributed by atoms with E-state index in [2.05, 4.69) is 59.2 Å². The number of hydrogen-bond acceptors (Lipinski definition) is 4. The van der Waals surface area contributed by atoms with Crippen LogP contribution in [0.15, 0.2) is 69.9 Å². The molecule has 6 heteroatoms. The van der Waals surface area contributed by atoms with E-state index in [-0.39, 0.29) is 30.4 Å². The number of piperazine rings is 1. The molecule has 0 bridgehead atoms. The monoisotopic (exact) mass is 460 g/mol. The maximum absolute atomic E-state index is 12.0. The summed E-state index contributed by atoms with van der Waals surface area (Å²) >= 11 is 0. The first-order chi connectivity index (χ1) is 14.2. The summed E-state index contributed by atoms with van der Waals surface area (Å²) < 4.78 is 5.40. The lowest BCUT2D eigenvalue weighted by atomic mass is 10.0. The van der Waals surface area contributed by atoms with E-state index >= 15 is 0 Å². The van der Waals surface area contributed by atoms with Crippen molar-refractivity contribution in [3.05, 3.63) is 87.8 Å². The Morgan fingerprint density at radius 2 is 1.65 bits per heavy atom. The van der Waals surface area contributed by atoms with E-state index in [1.165, 1.54) is 11.1 Å². The zero-order valence-corrected chi connectivity index (χ0v) is 19.5. The molecule has 0 radical (unpaired) electrons. The Morgan fingerprint density at radius 1 is 0.935 bits per heavy atom. The standard InChI is InChI=1S/C25H28N2O2.2ClH/c1-2-20-10-11-24-23(17-20)22(18-25(28)29-24)19-27-15-13-26(14-16-27)12-6-9-21-7-4-3-5-8-21;;/h3-11,17-18H,2,12-16,19H2,1H3;2*1H/b9-6+;;. The van der Waals surface area contributed by atoms with E-state index in [1.807, 2.05) is 18.2 Å². The predicted molar refractivity (Wildman–Crippen MR) is 134 cm³/mol. The van der Waals surface area contributed by atoms with Crippen LogP contribution in [0.1, 0.15) is 23.6 Å². The molecular weight excluding hydrogens is 431 g/mol. The summed E-state index contributed by atoms with van der Waals surface area (Å²) in [6.45, 7) is 8.01. The molecule has 1 saturated heterocycles. The molecule has 1 aliphatic heterocycles. The second-order valence-corrected chi connectivity index (χ2v) is 7.66. The highest BCUT2D eigenvalue weighted by atomic mass is 35.5. The van der Waals surface area contributed by atoms with Crippen molar-refractivity contribution in [2.45, 2.75) is 19.9 Å². The molecule has 1 fully saturated rings. The number of aryl methyl sites for hydroxylation is 1. The Bertz CT molecular complexity index is 1040. The van der Waals surface area contributed by atoms with Gasteiger partial charge in [-0.1, -0.05) is 55.5 Å². The van der Waals surface area contributed by atoms with Crippen molar-refractivity contribution < 1.29 is 4.42 Å². The van der Waals surface area contributed by atoms with Crippen molar-refractivity contribution >= 4 is 41.9 Å². The quantitative estimate of drug-likeness (QED) is 0.483. The maximum atomic E-state index is 12.0. The molecule has 3 aromatic rings. The highest BCUT2D eigenvalue weighted by Gasteiger charge is 2.17. The van der Waals surface area contributed by atoms with Crippen LogP contribution in [0.3, 0.4) is 0 Å². The van der Waals surface area contributed by atoms with E-state index in [1.54, 1.807) is 6.07 Å². The largest absolute Gasteiger partial charge is 0.423 e. The molecule has 0 spiro atoms. The summed E-state index contributed by atoms with van der Waals surface area (Å²) in [5.41, 5.74) is 4.01. The van der Waals surface area contributed by atoms with Crippen LogP contribution in [-0.4, -0.2) is 42.5 Å². The van der Waals surface area contributed by atoms with Gasteiger partial charge in [0, 0.05) is 50.7 Å². The summed E-state index contributed by atoms with van der Waals surface area (Å²) in [7, 11) is 0. The van der Waals surface area contributed by atoms with Crippen molar-refractivity contribution in [2.75, 3.05) is 32.7 Å². The molecular formula is C25H30Cl2N2O2. The average molecular weight is 461 g/mol. The highest BCUT2D eigenvalue weighted by molar-refractivity contribution is 5.85. The Morgan fingerprint density at radius 3 is 2.35 bits per heavy atom. The third-order valence-corrected chi connectivity index (χ3v) is 5.63. The van der Waals surface area contributed by atoms with Crippen LogP contribution in [0.4, 0.5) is 0 Å². The van der Waals surface area contributed by atoms with Gasteiger partial charge < -0.3 is 4.42 Å².